The van der Waals surface area contributed by atoms with Gasteiger partial charge in [0.1, 0.15) is 0 Å². The molecule has 0 fully saturated rings. The summed E-state index contributed by atoms with van der Waals surface area (Å²) in [6.45, 7) is 0. The first kappa shape index (κ1) is 30.8. The van der Waals surface area contributed by atoms with Crippen molar-refractivity contribution in [2.45, 2.75) is 0 Å². The predicted molar refractivity (Wildman–Crippen MR) is 209 cm³/mol. The monoisotopic (exact) mass is 811 g/mol. The molecule has 0 aliphatic heterocycles. The minimum atomic E-state index is -7.92. The molecule has 49 heavy (non-hydrogen) atoms. The zero-order chi connectivity index (χ0) is 33.3. The Morgan fingerprint density at radius 1 is 0.143 bits per heavy atom. The average Bonchev–Trinajstić information content (AvgIpc) is 3.23. The van der Waals surface area contributed by atoms with Crippen LogP contribution in [0.4, 0.5) is 0 Å². The van der Waals surface area contributed by atoms with E-state index in [1.165, 1.54) is 31.6 Å². The zero-order valence-corrected chi connectivity index (χ0v) is 29.7. The van der Waals surface area contributed by atoms with Gasteiger partial charge < -0.3 is 0 Å². The van der Waals surface area contributed by atoms with E-state index in [0.29, 0.717) is 0 Å². The predicted octanol–water partition coefficient (Wildman–Crippen LogP) is 6.89. The van der Waals surface area contributed by atoms with E-state index >= 15 is 0 Å². The van der Waals surface area contributed by atoms with Gasteiger partial charge in [0.25, 0.3) is 0 Å². The van der Waals surface area contributed by atoms with Crippen LogP contribution in [0.25, 0.3) is 0 Å². The maximum atomic E-state index is 2.42. The van der Waals surface area contributed by atoms with E-state index in [9.17, 15) is 0 Å². The Morgan fingerprint density at radius 2 is 0.245 bits per heavy atom. The fraction of sp³-hybridized carbons (Fsp3) is 0. The summed E-state index contributed by atoms with van der Waals surface area (Å²) in [5, 5.41) is 0. The summed E-state index contributed by atoms with van der Waals surface area (Å²) in [5.74, 6) is 0. The maximum absolute atomic E-state index is 7.92. The Balaban J connectivity index is 2.17. The van der Waals surface area contributed by atoms with Crippen molar-refractivity contribution < 1.29 is 11.1 Å². The third-order valence-electron chi connectivity index (χ3n) is 10.8. The standard InChI is InChI=1S/8C6H5.Pt/c8*1-2-4-6-5-3-1;/h8*1-5H;. The van der Waals surface area contributed by atoms with Gasteiger partial charge in [0, 0.05) is 0 Å². The van der Waals surface area contributed by atoms with E-state index in [-0.39, 0.29) is 0 Å². The molecule has 0 radical (unpaired) electrons. The third kappa shape index (κ3) is 2.39. The number of hydrogen-bond donors (Lipinski definition) is 0. The molecule has 0 aliphatic rings. The Labute approximate surface area is 283 Å². The van der Waals surface area contributed by atoms with E-state index in [2.05, 4.69) is 243 Å². The molecule has 0 amide bonds. The molecular weight excluding hydrogens is 772 g/mol. The van der Waals surface area contributed by atoms with Gasteiger partial charge in [0.15, 0.2) is 0 Å². The summed E-state index contributed by atoms with van der Waals surface area (Å²) >= 11 is -7.92. The minimum absolute atomic E-state index is 1.21. The normalized spacial score (nSPS) is 14.7. The van der Waals surface area contributed by atoms with Crippen LogP contribution in [0.5, 0.6) is 0 Å². The fourth-order valence-corrected chi connectivity index (χ4v) is 55.0. The van der Waals surface area contributed by atoms with Crippen molar-refractivity contribution >= 4 is 31.6 Å². The molecule has 8 rings (SSSR count). The van der Waals surface area contributed by atoms with Gasteiger partial charge in [-0.2, -0.15) is 0 Å². The molecule has 0 aliphatic carbocycles. The Hall–Kier alpha value is -5.55. The van der Waals surface area contributed by atoms with Gasteiger partial charge in [-0.3, -0.25) is 0 Å². The van der Waals surface area contributed by atoms with Gasteiger partial charge in [-0.15, -0.1) is 0 Å². The second-order valence-corrected chi connectivity index (χ2v) is 38.7. The van der Waals surface area contributed by atoms with Crippen LogP contribution in [0.15, 0.2) is 243 Å². The molecule has 0 aromatic heterocycles. The summed E-state index contributed by atoms with van der Waals surface area (Å²) in [7, 11) is 0. The molecule has 0 atom stereocenters. The van der Waals surface area contributed by atoms with E-state index in [1.54, 1.807) is 0 Å². The van der Waals surface area contributed by atoms with E-state index in [4.69, 9.17) is 0 Å². The summed E-state index contributed by atoms with van der Waals surface area (Å²) in [5.41, 5.74) is 0. The molecular formula is C48H40Pt. The van der Waals surface area contributed by atoms with Gasteiger partial charge in [0.05, 0.1) is 0 Å². The van der Waals surface area contributed by atoms with Crippen molar-refractivity contribution in [1.82, 2.24) is 0 Å². The summed E-state index contributed by atoms with van der Waals surface area (Å²) < 4.78 is 9.70. The van der Waals surface area contributed by atoms with Gasteiger partial charge in [-0.1, -0.05) is 0 Å². The molecule has 0 saturated heterocycles. The van der Waals surface area contributed by atoms with Crippen molar-refractivity contribution in [2.75, 3.05) is 0 Å². The molecule has 0 unspecified atom stereocenters. The van der Waals surface area contributed by atoms with Gasteiger partial charge in [-0.05, 0) is 0 Å². The Bertz CT molecular complexity index is 1850. The molecule has 0 N–H and O–H groups in total. The quantitative estimate of drug-likeness (QED) is 0.157. The van der Waals surface area contributed by atoms with Gasteiger partial charge >= 0.3 is 285 Å². The molecule has 8 aromatic carbocycles. The van der Waals surface area contributed by atoms with Crippen LogP contribution in [-0.2, 0) is 11.1 Å². The Kier molecular flexibility index (Phi) is 6.13. The molecule has 242 valence electrons. The summed E-state index contributed by atoms with van der Waals surface area (Å²) in [4.78, 5) is 0. The van der Waals surface area contributed by atoms with Crippen LogP contribution in [0, 0.1) is 0 Å². The molecule has 0 bridgehead atoms. The number of benzene rings is 8. The first-order valence-electron chi connectivity index (χ1n) is 16.6. The van der Waals surface area contributed by atoms with Crippen molar-refractivity contribution in [3.05, 3.63) is 243 Å². The molecule has 1 heteroatoms. The Morgan fingerprint density at radius 3 is 0.347 bits per heavy atom. The van der Waals surface area contributed by atoms with Crippen LogP contribution in [0.1, 0.15) is 0 Å². The summed E-state index contributed by atoms with van der Waals surface area (Å²) in [6, 6.07) is 91.8. The van der Waals surface area contributed by atoms with E-state index in [0.717, 1.165) is 0 Å². The first-order valence-corrected chi connectivity index (χ1v) is 25.6. The topological polar surface area (TPSA) is 0 Å². The van der Waals surface area contributed by atoms with Crippen LogP contribution in [-0.4, -0.2) is 0 Å². The first-order chi connectivity index (χ1) is 24.2. The van der Waals surface area contributed by atoms with Crippen LogP contribution >= 0.6 is 0 Å². The van der Waals surface area contributed by atoms with Crippen molar-refractivity contribution in [2.24, 2.45) is 0 Å². The zero-order valence-electron chi connectivity index (χ0n) is 27.4. The second-order valence-electron chi connectivity index (χ2n) is 12.3. The number of rotatable bonds is 8. The molecule has 0 saturated carbocycles. The van der Waals surface area contributed by atoms with Crippen LogP contribution in [0.3, 0.4) is 0 Å². The van der Waals surface area contributed by atoms with E-state index in [1.807, 2.05) is 0 Å². The molecule has 8 aromatic rings. The molecule has 0 heterocycles. The fourth-order valence-electron chi connectivity index (χ4n) is 9.13. The molecule has 0 nitrogen and oxygen atoms in total. The SMILES string of the molecule is c1cc[c]([Pt]([c]2ccccc2)([c]2ccccc2)([c]2ccccc2)([c]2ccccc2)([c]2ccccc2)([c]2ccccc2)[c]2ccccc2)cc1. The van der Waals surface area contributed by atoms with Crippen LogP contribution < -0.4 is 31.6 Å². The van der Waals surface area contributed by atoms with Crippen molar-refractivity contribution in [3.63, 3.8) is 0 Å². The van der Waals surface area contributed by atoms with E-state index < -0.39 is 11.1 Å². The number of hydrogen-bond acceptors (Lipinski definition) is 0. The van der Waals surface area contributed by atoms with Gasteiger partial charge in [0.2, 0.25) is 0 Å². The van der Waals surface area contributed by atoms with Crippen molar-refractivity contribution in [1.29, 1.82) is 0 Å². The average molecular weight is 812 g/mol. The second kappa shape index (κ2) is 9.76. The third-order valence-corrected chi connectivity index (χ3v) is 53.6. The van der Waals surface area contributed by atoms with Crippen LogP contribution in [0.2, 0.25) is 0 Å². The molecule has 0 spiro atoms. The summed E-state index contributed by atoms with van der Waals surface area (Å²) in [6.07, 6.45) is 0. The van der Waals surface area contributed by atoms with Gasteiger partial charge in [-0.25, -0.2) is 0 Å². The van der Waals surface area contributed by atoms with Crippen molar-refractivity contribution in [3.8, 4) is 0 Å².